The Morgan fingerprint density at radius 3 is 2.58 bits per heavy atom. The molecular formula is C27H21N3O6. The van der Waals surface area contributed by atoms with Crippen LogP contribution in [0.15, 0.2) is 81.6 Å². The van der Waals surface area contributed by atoms with Crippen molar-refractivity contribution in [1.82, 2.24) is 10.3 Å². The predicted octanol–water partition coefficient (Wildman–Crippen LogP) is 5.91. The number of furan rings is 1. The van der Waals surface area contributed by atoms with Crippen molar-refractivity contribution in [1.29, 1.82) is 0 Å². The lowest BCUT2D eigenvalue weighted by Crippen LogP contribution is -2.22. The van der Waals surface area contributed by atoms with E-state index in [0.29, 0.717) is 11.6 Å². The minimum atomic E-state index is -0.522. The van der Waals surface area contributed by atoms with Crippen LogP contribution in [0, 0.1) is 17.0 Å². The molecule has 1 N–H and O–H groups in total. The van der Waals surface area contributed by atoms with Gasteiger partial charge in [-0.1, -0.05) is 18.2 Å². The van der Waals surface area contributed by atoms with Crippen LogP contribution in [0.2, 0.25) is 0 Å². The van der Waals surface area contributed by atoms with Crippen molar-refractivity contribution in [3.63, 3.8) is 0 Å². The molecule has 2 aromatic heterocycles. The van der Waals surface area contributed by atoms with Crippen LogP contribution in [0.25, 0.3) is 33.9 Å². The number of methoxy groups -OCH3 is 1. The molecule has 180 valence electrons. The Morgan fingerprint density at radius 2 is 1.83 bits per heavy atom. The molecule has 0 radical (unpaired) electrons. The highest BCUT2D eigenvalue weighted by Crippen LogP contribution is 2.34. The second kappa shape index (κ2) is 9.38. The number of nitrogens with zero attached hydrogens (tertiary/aromatic N) is 2. The minimum absolute atomic E-state index is 0.0495. The molecule has 3 aromatic carbocycles. The number of aryl methyl sites for hydroxylation is 1. The van der Waals surface area contributed by atoms with E-state index in [1.54, 1.807) is 6.07 Å². The topological polar surface area (TPSA) is 121 Å². The van der Waals surface area contributed by atoms with Gasteiger partial charge in [0, 0.05) is 12.1 Å². The third-order valence-corrected chi connectivity index (χ3v) is 5.69. The van der Waals surface area contributed by atoms with Crippen molar-refractivity contribution in [2.75, 3.05) is 7.11 Å². The summed E-state index contributed by atoms with van der Waals surface area (Å²) in [5.41, 5.74) is 4.41. The molecule has 0 saturated heterocycles. The number of nitro groups is 1. The summed E-state index contributed by atoms with van der Waals surface area (Å²) >= 11 is 0. The van der Waals surface area contributed by atoms with Crippen LogP contribution in [0.5, 0.6) is 5.75 Å². The minimum Gasteiger partial charge on any atom is -0.497 e. The number of carbonyl (C=O) groups excluding carboxylic acids is 1. The van der Waals surface area contributed by atoms with Crippen molar-refractivity contribution in [2.45, 2.75) is 13.5 Å². The zero-order valence-corrected chi connectivity index (χ0v) is 19.5. The van der Waals surface area contributed by atoms with Gasteiger partial charge in [-0.05, 0) is 66.6 Å². The van der Waals surface area contributed by atoms with Gasteiger partial charge in [0.15, 0.2) is 11.3 Å². The Balaban J connectivity index is 1.26. The summed E-state index contributed by atoms with van der Waals surface area (Å²) in [6.07, 6.45) is 0. The molecular weight excluding hydrogens is 462 g/mol. The van der Waals surface area contributed by atoms with Crippen molar-refractivity contribution in [3.05, 3.63) is 99.8 Å². The maximum Gasteiger partial charge on any atom is 0.287 e. The fraction of sp³-hybridized carbons (Fsp3) is 0.111. The average Bonchev–Trinajstić information content (AvgIpc) is 3.54. The molecule has 36 heavy (non-hydrogen) atoms. The fourth-order valence-electron chi connectivity index (χ4n) is 3.79. The van der Waals surface area contributed by atoms with Crippen molar-refractivity contribution in [3.8, 4) is 28.5 Å². The first-order valence-electron chi connectivity index (χ1n) is 11.1. The summed E-state index contributed by atoms with van der Waals surface area (Å²) in [4.78, 5) is 28.1. The monoisotopic (exact) mass is 483 g/mol. The third-order valence-electron chi connectivity index (χ3n) is 5.69. The molecule has 1 amide bonds. The van der Waals surface area contributed by atoms with Gasteiger partial charge >= 0.3 is 0 Å². The van der Waals surface area contributed by atoms with Gasteiger partial charge in [-0.15, -0.1) is 0 Å². The first-order chi connectivity index (χ1) is 17.4. The number of hydrogen-bond acceptors (Lipinski definition) is 7. The number of nitro benzene ring substituents is 1. The van der Waals surface area contributed by atoms with Gasteiger partial charge < -0.3 is 18.9 Å². The summed E-state index contributed by atoms with van der Waals surface area (Å²) in [5, 5.41) is 14.3. The van der Waals surface area contributed by atoms with Gasteiger partial charge in [-0.2, -0.15) is 0 Å². The van der Waals surface area contributed by atoms with Gasteiger partial charge in [0.25, 0.3) is 11.6 Å². The smallest absolute Gasteiger partial charge is 0.287 e. The number of fused-ring (bicyclic) bond motifs is 1. The average molecular weight is 483 g/mol. The van der Waals surface area contributed by atoms with E-state index < -0.39 is 10.8 Å². The largest absolute Gasteiger partial charge is 0.497 e. The van der Waals surface area contributed by atoms with E-state index in [-0.39, 0.29) is 29.3 Å². The molecule has 5 aromatic rings. The Bertz CT molecular complexity index is 1580. The molecule has 0 spiro atoms. The van der Waals surface area contributed by atoms with E-state index >= 15 is 0 Å². The molecule has 0 fully saturated rings. The molecule has 0 bridgehead atoms. The van der Waals surface area contributed by atoms with E-state index in [0.717, 1.165) is 27.8 Å². The lowest BCUT2D eigenvalue weighted by molar-refractivity contribution is -0.384. The van der Waals surface area contributed by atoms with Crippen molar-refractivity contribution in [2.24, 2.45) is 0 Å². The van der Waals surface area contributed by atoms with Crippen LogP contribution >= 0.6 is 0 Å². The number of aromatic nitrogens is 1. The first-order valence-corrected chi connectivity index (χ1v) is 11.1. The van der Waals surface area contributed by atoms with Crippen LogP contribution in [0.3, 0.4) is 0 Å². The third kappa shape index (κ3) is 4.54. The van der Waals surface area contributed by atoms with Gasteiger partial charge in [-0.25, -0.2) is 4.98 Å². The molecule has 0 atom stereocenters. The fourth-order valence-corrected chi connectivity index (χ4v) is 3.79. The Labute approximate surface area is 205 Å². The number of carbonyl (C=O) groups is 1. The molecule has 9 nitrogen and oxygen atoms in total. The number of ether oxygens (including phenoxy) is 1. The summed E-state index contributed by atoms with van der Waals surface area (Å²) in [7, 11) is 1.43. The number of benzene rings is 3. The van der Waals surface area contributed by atoms with Crippen LogP contribution in [-0.4, -0.2) is 22.9 Å². The lowest BCUT2D eigenvalue weighted by atomic mass is 10.1. The van der Waals surface area contributed by atoms with Crippen LogP contribution < -0.4 is 10.1 Å². The molecule has 5 rings (SSSR count). The summed E-state index contributed by atoms with van der Waals surface area (Å²) < 4.78 is 16.5. The predicted molar refractivity (Wildman–Crippen MR) is 133 cm³/mol. The molecule has 0 aliphatic rings. The molecule has 0 aliphatic carbocycles. The lowest BCUT2D eigenvalue weighted by Gasteiger charge is -2.05. The SMILES string of the molecule is COc1ccc(-c2ccc(C(=O)NCc3ccc(-c4nc5ccc(C)cc5o4)cc3)o2)c([N+](=O)[O-])c1. The molecule has 2 heterocycles. The second-order valence-electron chi connectivity index (χ2n) is 8.17. The highest BCUT2D eigenvalue weighted by Gasteiger charge is 2.21. The maximum absolute atomic E-state index is 12.6. The molecule has 0 saturated carbocycles. The van der Waals surface area contributed by atoms with E-state index in [9.17, 15) is 14.9 Å². The normalized spacial score (nSPS) is 10.9. The summed E-state index contributed by atoms with van der Waals surface area (Å²) in [6.45, 7) is 2.27. The molecule has 0 unspecified atom stereocenters. The number of amides is 1. The molecule has 0 aliphatic heterocycles. The summed E-state index contributed by atoms with van der Waals surface area (Å²) in [5.74, 6) is 0.714. The van der Waals surface area contributed by atoms with Crippen LogP contribution in [-0.2, 0) is 6.54 Å². The highest BCUT2D eigenvalue weighted by atomic mass is 16.6. The quantitative estimate of drug-likeness (QED) is 0.226. The maximum atomic E-state index is 12.6. The number of rotatable bonds is 7. The van der Waals surface area contributed by atoms with Crippen LogP contribution in [0.1, 0.15) is 21.7 Å². The Morgan fingerprint density at radius 1 is 1.03 bits per heavy atom. The van der Waals surface area contributed by atoms with E-state index in [1.807, 2.05) is 49.4 Å². The standard InChI is InChI=1S/C27H21N3O6/c1-16-3-10-21-25(13-16)36-27(29-21)18-6-4-17(5-7-18)15-28-26(31)24-12-11-23(35-24)20-9-8-19(34-2)14-22(20)30(32)33/h3-14H,15H2,1-2H3,(H,28,31). The highest BCUT2D eigenvalue weighted by molar-refractivity contribution is 5.92. The number of oxazole rings is 1. The van der Waals surface area contributed by atoms with Gasteiger partial charge in [0.2, 0.25) is 5.89 Å². The van der Waals surface area contributed by atoms with E-state index in [4.69, 9.17) is 13.6 Å². The second-order valence-corrected chi connectivity index (χ2v) is 8.17. The van der Waals surface area contributed by atoms with Crippen molar-refractivity contribution >= 4 is 22.7 Å². The zero-order valence-electron chi connectivity index (χ0n) is 19.5. The van der Waals surface area contributed by atoms with Gasteiger partial charge in [-0.3, -0.25) is 14.9 Å². The summed E-state index contributed by atoms with van der Waals surface area (Å²) in [6, 6.07) is 20.8. The van der Waals surface area contributed by atoms with Gasteiger partial charge in [0.1, 0.15) is 17.0 Å². The van der Waals surface area contributed by atoms with Gasteiger partial charge in [0.05, 0.1) is 23.7 Å². The number of hydrogen-bond donors (Lipinski definition) is 1. The Hall–Kier alpha value is -4.92. The van der Waals surface area contributed by atoms with E-state index in [1.165, 1.54) is 31.4 Å². The van der Waals surface area contributed by atoms with E-state index in [2.05, 4.69) is 10.3 Å². The number of nitrogens with one attached hydrogen (secondary N) is 1. The van der Waals surface area contributed by atoms with Crippen molar-refractivity contribution < 1.29 is 23.3 Å². The zero-order chi connectivity index (χ0) is 25.2. The Kier molecular flexibility index (Phi) is 5.95. The molecule has 9 heteroatoms. The first kappa shape index (κ1) is 22.9. The van der Waals surface area contributed by atoms with Crippen LogP contribution in [0.4, 0.5) is 5.69 Å².